The fourth-order valence-corrected chi connectivity index (χ4v) is 4.27. The molecule has 2 fully saturated rings. The van der Waals surface area contributed by atoms with Crippen molar-refractivity contribution in [2.75, 3.05) is 6.54 Å². The van der Waals surface area contributed by atoms with Gasteiger partial charge in [0.25, 0.3) is 0 Å². The summed E-state index contributed by atoms with van der Waals surface area (Å²) < 4.78 is 2.18. The number of halogens is 1. The molecule has 1 saturated heterocycles. The quantitative estimate of drug-likeness (QED) is 0.930. The molecule has 2 aromatic rings. The number of hydrogen-bond donors (Lipinski definition) is 1. The molecule has 0 amide bonds. The zero-order valence-electron chi connectivity index (χ0n) is 14.1. The number of nitrogens with zero attached hydrogens (tertiary/aromatic N) is 3. The van der Waals surface area contributed by atoms with Crippen LogP contribution < -0.4 is 5.32 Å². The number of nitrogens with one attached hydrogen (secondary N) is 1. The highest BCUT2D eigenvalue weighted by molar-refractivity contribution is 6.31. The molecule has 5 heteroatoms. The average molecular weight is 333 g/mol. The summed E-state index contributed by atoms with van der Waals surface area (Å²) in [6.07, 6.45) is 4.01. The van der Waals surface area contributed by atoms with Gasteiger partial charge in [-0.3, -0.25) is 4.90 Å². The molecular formula is C18H25ClN4. The third-order valence-electron chi connectivity index (χ3n) is 5.39. The summed E-state index contributed by atoms with van der Waals surface area (Å²) in [6.45, 7) is 5.75. The Kier molecular flexibility index (Phi) is 3.87. The Morgan fingerprint density at radius 1 is 1.35 bits per heavy atom. The Morgan fingerprint density at radius 2 is 2.13 bits per heavy atom. The first kappa shape index (κ1) is 15.4. The zero-order valence-corrected chi connectivity index (χ0v) is 14.8. The topological polar surface area (TPSA) is 33.1 Å². The van der Waals surface area contributed by atoms with Gasteiger partial charge in [-0.05, 0) is 51.3 Å². The molecule has 3 atom stereocenters. The third kappa shape index (κ3) is 2.88. The van der Waals surface area contributed by atoms with Crippen LogP contribution in [0.4, 0.5) is 0 Å². The van der Waals surface area contributed by atoms with Crippen LogP contribution in [-0.2, 0) is 7.05 Å². The van der Waals surface area contributed by atoms with E-state index < -0.39 is 0 Å². The van der Waals surface area contributed by atoms with Gasteiger partial charge in [-0.25, -0.2) is 4.98 Å². The standard InChI is InChI=1S/C18H25ClN4/c1-11-8-14(10-23(11)15-5-6-15)20-12(2)18-21-16-9-13(19)4-7-17(16)22(18)3/h4,7,9,11-12,14-15,20H,5-6,8,10H2,1-3H3/t11-,12-,14+/m0/s1. The fourth-order valence-electron chi connectivity index (χ4n) is 4.10. The van der Waals surface area contributed by atoms with Gasteiger partial charge >= 0.3 is 0 Å². The number of fused-ring (bicyclic) bond motifs is 1. The van der Waals surface area contributed by atoms with Crippen molar-refractivity contribution >= 4 is 22.6 Å². The van der Waals surface area contributed by atoms with Crippen molar-refractivity contribution in [1.82, 2.24) is 19.8 Å². The largest absolute Gasteiger partial charge is 0.330 e. The smallest absolute Gasteiger partial charge is 0.126 e. The molecule has 0 bridgehead atoms. The summed E-state index contributed by atoms with van der Waals surface area (Å²) in [4.78, 5) is 7.48. The van der Waals surface area contributed by atoms with Crippen molar-refractivity contribution in [1.29, 1.82) is 0 Å². The number of likely N-dealkylation sites (tertiary alicyclic amines) is 1. The molecule has 4 nitrogen and oxygen atoms in total. The Bertz CT molecular complexity index is 721. The highest BCUT2D eigenvalue weighted by atomic mass is 35.5. The second kappa shape index (κ2) is 5.76. The van der Waals surface area contributed by atoms with Crippen molar-refractivity contribution in [3.8, 4) is 0 Å². The predicted molar refractivity (Wildman–Crippen MR) is 94.9 cm³/mol. The Balaban J connectivity index is 1.51. The number of aromatic nitrogens is 2. The van der Waals surface area contributed by atoms with E-state index in [0.29, 0.717) is 12.1 Å². The average Bonchev–Trinajstić information content (AvgIpc) is 3.21. The molecule has 2 heterocycles. The van der Waals surface area contributed by atoms with Crippen molar-refractivity contribution in [2.24, 2.45) is 7.05 Å². The molecule has 124 valence electrons. The third-order valence-corrected chi connectivity index (χ3v) is 5.62. The van der Waals surface area contributed by atoms with Crippen LogP contribution in [0.25, 0.3) is 11.0 Å². The molecule has 23 heavy (non-hydrogen) atoms. The minimum Gasteiger partial charge on any atom is -0.330 e. The normalized spacial score (nSPS) is 27.0. The van der Waals surface area contributed by atoms with Gasteiger partial charge in [0, 0.05) is 36.7 Å². The number of hydrogen-bond acceptors (Lipinski definition) is 3. The van der Waals surface area contributed by atoms with Crippen LogP contribution in [0, 0.1) is 0 Å². The van der Waals surface area contributed by atoms with E-state index in [-0.39, 0.29) is 6.04 Å². The molecule has 4 rings (SSSR count). The molecular weight excluding hydrogens is 308 g/mol. The number of benzene rings is 1. The van der Waals surface area contributed by atoms with Crippen LogP contribution in [-0.4, -0.2) is 39.1 Å². The summed E-state index contributed by atoms with van der Waals surface area (Å²) in [6, 6.07) is 8.27. The summed E-state index contributed by atoms with van der Waals surface area (Å²) in [5.74, 6) is 1.08. The van der Waals surface area contributed by atoms with Gasteiger partial charge in [0.05, 0.1) is 17.1 Å². The van der Waals surface area contributed by atoms with Crippen molar-refractivity contribution in [3.63, 3.8) is 0 Å². The first-order valence-electron chi connectivity index (χ1n) is 8.66. The number of rotatable bonds is 4. The molecule has 0 spiro atoms. The van der Waals surface area contributed by atoms with Gasteiger partial charge in [-0.15, -0.1) is 0 Å². The fraction of sp³-hybridized carbons (Fsp3) is 0.611. The highest BCUT2D eigenvalue weighted by Gasteiger charge is 2.39. The SMILES string of the molecule is C[C@H](N[C@@H]1C[C@H](C)N(C2CC2)C1)c1nc2cc(Cl)ccc2n1C. The summed E-state index contributed by atoms with van der Waals surface area (Å²) >= 11 is 6.09. The van der Waals surface area contributed by atoms with E-state index in [4.69, 9.17) is 16.6 Å². The maximum absolute atomic E-state index is 6.09. The second-order valence-corrected chi connectivity index (χ2v) is 7.70. The maximum atomic E-state index is 6.09. The summed E-state index contributed by atoms with van der Waals surface area (Å²) in [5, 5.41) is 4.54. The molecule has 1 saturated carbocycles. The van der Waals surface area contributed by atoms with Crippen molar-refractivity contribution in [2.45, 2.75) is 57.3 Å². The number of imidazole rings is 1. The maximum Gasteiger partial charge on any atom is 0.126 e. The van der Waals surface area contributed by atoms with Crippen molar-refractivity contribution < 1.29 is 0 Å². The first-order chi connectivity index (χ1) is 11.0. The van der Waals surface area contributed by atoms with Crippen LogP contribution in [0.5, 0.6) is 0 Å². The van der Waals surface area contributed by atoms with E-state index in [1.54, 1.807) is 0 Å². The van der Waals surface area contributed by atoms with E-state index in [9.17, 15) is 0 Å². The Morgan fingerprint density at radius 3 is 2.87 bits per heavy atom. The lowest BCUT2D eigenvalue weighted by Crippen LogP contribution is -2.36. The molecule has 0 radical (unpaired) electrons. The molecule has 1 aromatic carbocycles. The zero-order chi connectivity index (χ0) is 16.1. The van der Waals surface area contributed by atoms with E-state index in [2.05, 4.69) is 35.7 Å². The lowest BCUT2D eigenvalue weighted by Gasteiger charge is -2.21. The number of aryl methyl sites for hydroxylation is 1. The minimum absolute atomic E-state index is 0.238. The van der Waals surface area contributed by atoms with Crippen LogP contribution in [0.3, 0.4) is 0 Å². The van der Waals surface area contributed by atoms with Crippen LogP contribution in [0.2, 0.25) is 5.02 Å². The van der Waals surface area contributed by atoms with Crippen molar-refractivity contribution in [3.05, 3.63) is 29.0 Å². The van der Waals surface area contributed by atoms with Gasteiger partial charge < -0.3 is 9.88 Å². The Hall–Kier alpha value is -1.10. The van der Waals surface area contributed by atoms with E-state index in [1.807, 2.05) is 18.2 Å². The minimum atomic E-state index is 0.238. The molecule has 1 aliphatic carbocycles. The lowest BCUT2D eigenvalue weighted by atomic mass is 10.1. The van der Waals surface area contributed by atoms with Crippen LogP contribution >= 0.6 is 11.6 Å². The van der Waals surface area contributed by atoms with Crippen LogP contribution in [0.1, 0.15) is 45.0 Å². The summed E-state index contributed by atoms with van der Waals surface area (Å²) in [5.41, 5.74) is 2.11. The second-order valence-electron chi connectivity index (χ2n) is 7.26. The van der Waals surface area contributed by atoms with E-state index in [1.165, 1.54) is 25.8 Å². The van der Waals surface area contributed by atoms with Gasteiger partial charge in [-0.2, -0.15) is 0 Å². The molecule has 1 aromatic heterocycles. The molecule has 2 aliphatic rings. The van der Waals surface area contributed by atoms with Crippen LogP contribution in [0.15, 0.2) is 18.2 Å². The Labute approximate surface area is 142 Å². The summed E-state index contributed by atoms with van der Waals surface area (Å²) in [7, 11) is 2.09. The molecule has 0 unspecified atom stereocenters. The van der Waals surface area contributed by atoms with E-state index in [0.717, 1.165) is 27.9 Å². The van der Waals surface area contributed by atoms with Gasteiger partial charge in [-0.1, -0.05) is 11.6 Å². The lowest BCUT2D eigenvalue weighted by molar-refractivity contribution is 0.254. The monoisotopic (exact) mass is 332 g/mol. The molecule has 1 aliphatic heterocycles. The van der Waals surface area contributed by atoms with Gasteiger partial charge in [0.1, 0.15) is 5.82 Å². The van der Waals surface area contributed by atoms with Gasteiger partial charge in [0.15, 0.2) is 0 Å². The van der Waals surface area contributed by atoms with Gasteiger partial charge in [0.2, 0.25) is 0 Å². The van der Waals surface area contributed by atoms with E-state index >= 15 is 0 Å². The highest BCUT2D eigenvalue weighted by Crippen LogP contribution is 2.34. The first-order valence-corrected chi connectivity index (χ1v) is 9.04. The molecule has 1 N–H and O–H groups in total. The predicted octanol–water partition coefficient (Wildman–Crippen LogP) is 3.50.